The maximum absolute atomic E-state index is 13.2. The van der Waals surface area contributed by atoms with E-state index in [4.69, 9.17) is 15.0 Å². The average molecular weight is 466 g/mol. The van der Waals surface area contributed by atoms with Gasteiger partial charge in [-0.25, -0.2) is 9.18 Å². The first-order chi connectivity index (χ1) is 15.2. The van der Waals surface area contributed by atoms with E-state index in [9.17, 15) is 12.8 Å². The Morgan fingerprint density at radius 3 is 2.25 bits per heavy atom. The molecule has 174 valence electrons. The van der Waals surface area contributed by atoms with Crippen molar-refractivity contribution in [2.24, 2.45) is 5.92 Å². The van der Waals surface area contributed by atoms with Crippen molar-refractivity contribution in [3.05, 3.63) is 66.0 Å². The van der Waals surface area contributed by atoms with Crippen LogP contribution in [-0.4, -0.2) is 61.3 Å². The molecule has 3 atom stereocenters. The highest BCUT2D eigenvalue weighted by atomic mass is 32.2. The van der Waals surface area contributed by atoms with E-state index in [2.05, 4.69) is 28.7 Å². The lowest BCUT2D eigenvalue weighted by Crippen LogP contribution is -2.44. The molecule has 3 N–H and O–H groups in total. The van der Waals surface area contributed by atoms with Crippen LogP contribution in [-0.2, 0) is 10.2 Å². The predicted molar refractivity (Wildman–Crippen MR) is 120 cm³/mol. The van der Waals surface area contributed by atoms with Crippen LogP contribution >= 0.6 is 0 Å². The van der Waals surface area contributed by atoms with Crippen molar-refractivity contribution < 1.29 is 27.8 Å². The van der Waals surface area contributed by atoms with Crippen LogP contribution in [0.3, 0.4) is 0 Å². The molecule has 8 nitrogen and oxygen atoms in total. The molecule has 32 heavy (non-hydrogen) atoms. The third-order valence-corrected chi connectivity index (χ3v) is 7.45. The smallest absolute Gasteiger partial charge is 0.450 e. The second-order valence-corrected chi connectivity index (χ2v) is 9.65. The zero-order chi connectivity index (χ0) is 23.3. The topological polar surface area (TPSA) is 110 Å². The van der Waals surface area contributed by atoms with Gasteiger partial charge in [0.25, 0.3) is 10.2 Å². The molecule has 1 aliphatic carbocycles. The molecule has 1 saturated carbocycles. The summed E-state index contributed by atoms with van der Waals surface area (Å²) in [5.74, 6) is 0.261. The van der Waals surface area contributed by atoms with Gasteiger partial charge in [-0.05, 0) is 42.2 Å². The minimum Gasteiger partial charge on any atom is -0.450 e. The van der Waals surface area contributed by atoms with Crippen molar-refractivity contribution in [3.63, 3.8) is 0 Å². The van der Waals surface area contributed by atoms with Crippen molar-refractivity contribution in [2.45, 2.75) is 25.3 Å². The predicted octanol–water partition coefficient (Wildman–Crippen LogP) is 3.20. The number of nitrogens with zero attached hydrogens (tertiary/aromatic N) is 2. The largest absolute Gasteiger partial charge is 0.503 e. The second kappa shape index (κ2) is 10.3. The van der Waals surface area contributed by atoms with Crippen molar-refractivity contribution >= 4 is 22.1 Å². The fraction of sp³-hybridized carbons (Fsp3) is 0.409. The van der Waals surface area contributed by atoms with Gasteiger partial charge in [0, 0.05) is 43.8 Å². The first-order valence-electron chi connectivity index (χ1n) is 10.4. The Bertz CT molecular complexity index is 1000. The van der Waals surface area contributed by atoms with Gasteiger partial charge < -0.3 is 15.1 Å². The Hall–Kier alpha value is -2.69. The minimum atomic E-state index is -3.53. The molecule has 0 spiro atoms. The van der Waals surface area contributed by atoms with E-state index in [-0.39, 0.29) is 17.8 Å². The van der Waals surface area contributed by atoms with Crippen molar-refractivity contribution in [1.82, 2.24) is 9.03 Å². The molecule has 10 heteroatoms. The maximum atomic E-state index is 13.2. The molecule has 4 rings (SSSR count). The fourth-order valence-corrected chi connectivity index (χ4v) is 5.67. The molecule has 0 radical (unpaired) electrons. The van der Waals surface area contributed by atoms with Gasteiger partial charge in [-0.3, -0.25) is 0 Å². The lowest BCUT2D eigenvalue weighted by Gasteiger charge is -2.23. The summed E-state index contributed by atoms with van der Waals surface area (Å²) in [6, 6.07) is 16.4. The zero-order valence-corrected chi connectivity index (χ0v) is 18.6. The molecular formula is C22H28FN3O5S. The molecule has 2 aromatic rings. The Labute approximate surface area is 187 Å². The van der Waals surface area contributed by atoms with E-state index in [0.29, 0.717) is 25.6 Å². The van der Waals surface area contributed by atoms with Gasteiger partial charge in [0.1, 0.15) is 5.82 Å². The Balaban J connectivity index is 0.000000668. The van der Waals surface area contributed by atoms with Gasteiger partial charge in [0.05, 0.1) is 0 Å². The summed E-state index contributed by atoms with van der Waals surface area (Å²) in [6.07, 6.45) is -1.10. The third-order valence-electron chi connectivity index (χ3n) is 5.83. The monoisotopic (exact) mass is 465 g/mol. The summed E-state index contributed by atoms with van der Waals surface area (Å²) in [4.78, 5) is 10.7. The number of carbonyl (C=O) groups is 1. The van der Waals surface area contributed by atoms with E-state index >= 15 is 0 Å². The highest BCUT2D eigenvalue weighted by Crippen LogP contribution is 2.47. The highest BCUT2D eigenvalue weighted by Gasteiger charge is 2.50. The number of rotatable bonds is 5. The fourth-order valence-electron chi connectivity index (χ4n) is 4.12. The number of hydrogen-bond acceptors (Lipinski definition) is 4. The second-order valence-electron chi connectivity index (χ2n) is 7.94. The van der Waals surface area contributed by atoms with Crippen molar-refractivity contribution in [3.8, 4) is 0 Å². The van der Waals surface area contributed by atoms with Crippen molar-refractivity contribution in [1.29, 1.82) is 0 Å². The average Bonchev–Trinajstić information content (AvgIpc) is 3.44. The molecule has 0 amide bonds. The number of benzene rings is 2. The highest BCUT2D eigenvalue weighted by molar-refractivity contribution is 7.87. The Morgan fingerprint density at radius 2 is 1.62 bits per heavy atom. The Morgan fingerprint density at radius 1 is 1.00 bits per heavy atom. The Kier molecular flexibility index (Phi) is 7.70. The summed E-state index contributed by atoms with van der Waals surface area (Å²) in [5.41, 5.74) is 2.11. The molecule has 2 aromatic carbocycles. The van der Waals surface area contributed by atoms with E-state index < -0.39 is 16.4 Å². The summed E-state index contributed by atoms with van der Waals surface area (Å²) in [6.45, 7) is 4.34. The van der Waals surface area contributed by atoms with Crippen LogP contribution in [0.4, 0.5) is 14.9 Å². The van der Waals surface area contributed by atoms with Crippen LogP contribution in [0.5, 0.6) is 0 Å². The van der Waals surface area contributed by atoms with Gasteiger partial charge in [-0.15, -0.1) is 0 Å². The lowest BCUT2D eigenvalue weighted by molar-refractivity contribution is 0.137. The maximum Gasteiger partial charge on any atom is 0.503 e. The zero-order valence-electron chi connectivity index (χ0n) is 17.8. The summed E-state index contributed by atoms with van der Waals surface area (Å²) >= 11 is 0. The van der Waals surface area contributed by atoms with Gasteiger partial charge in [0.2, 0.25) is 0 Å². The number of nitrogens with one attached hydrogen (secondary N) is 1. The molecule has 1 saturated heterocycles. The quantitative estimate of drug-likeness (QED) is 0.626. The lowest BCUT2D eigenvalue weighted by atomic mass is 10.1. The van der Waals surface area contributed by atoms with Gasteiger partial charge in [-0.1, -0.05) is 37.3 Å². The van der Waals surface area contributed by atoms with E-state index in [1.165, 1.54) is 17.7 Å². The van der Waals surface area contributed by atoms with Gasteiger partial charge >= 0.3 is 6.16 Å². The van der Waals surface area contributed by atoms with E-state index in [0.717, 1.165) is 18.7 Å². The molecular weight excluding hydrogens is 437 g/mol. The van der Waals surface area contributed by atoms with E-state index in [1.807, 2.05) is 18.2 Å². The first-order valence-corrected chi connectivity index (χ1v) is 11.9. The standard InChI is InChI=1S/C21H26FN3O2S.CH2O3/c1-16-20(17-6-3-2-4-7-17)21(16)23-28(26,27)25-13-5-12-24(14-15-25)19-10-8-18(22)9-11-19;2-1(3)4/h2-4,6-11,16,20-21,23H,5,12-15H2,1H3;(H2,2,3,4)/t16-,20-,21+;/m1./s1. The summed E-state index contributed by atoms with van der Waals surface area (Å²) in [7, 11) is -3.53. The van der Waals surface area contributed by atoms with Crippen LogP contribution in [0, 0.1) is 11.7 Å². The number of hydrogen-bond donors (Lipinski definition) is 3. The third kappa shape index (κ3) is 6.18. The summed E-state index contributed by atoms with van der Waals surface area (Å²) < 4.78 is 43.5. The van der Waals surface area contributed by atoms with Crippen LogP contribution in [0.15, 0.2) is 54.6 Å². The number of carboxylic acid groups (broad SMARTS) is 2. The minimum absolute atomic E-state index is 0.0520. The van der Waals surface area contributed by atoms with Crippen molar-refractivity contribution in [2.75, 3.05) is 31.1 Å². The molecule has 2 fully saturated rings. The van der Waals surface area contributed by atoms with Crippen LogP contribution < -0.4 is 9.62 Å². The van der Waals surface area contributed by atoms with Crippen LogP contribution in [0.25, 0.3) is 0 Å². The molecule has 1 aliphatic heterocycles. The number of halogens is 1. The molecule has 2 aliphatic rings. The van der Waals surface area contributed by atoms with Gasteiger partial charge in [-0.2, -0.15) is 17.4 Å². The molecule has 1 heterocycles. The molecule has 0 unspecified atom stereocenters. The van der Waals surface area contributed by atoms with Crippen LogP contribution in [0.2, 0.25) is 0 Å². The first kappa shape index (κ1) is 24.0. The molecule has 0 bridgehead atoms. The van der Waals surface area contributed by atoms with E-state index in [1.54, 1.807) is 16.4 Å². The summed E-state index contributed by atoms with van der Waals surface area (Å²) in [5, 5.41) is 13.9. The van der Waals surface area contributed by atoms with Crippen LogP contribution in [0.1, 0.15) is 24.8 Å². The normalized spacial score (nSPS) is 23.6. The number of anilines is 1. The van der Waals surface area contributed by atoms with Gasteiger partial charge in [0.15, 0.2) is 0 Å². The SMILES string of the molecule is C[C@H]1[C@H](NS(=O)(=O)N2CCCN(c3ccc(F)cc3)CC2)[C@H]1c1ccccc1.O=C(O)O. The molecule has 0 aromatic heterocycles.